The average molecular weight is 352 g/mol. The lowest BCUT2D eigenvalue weighted by atomic mass is 10.2. The van der Waals surface area contributed by atoms with Gasteiger partial charge in [0.1, 0.15) is 5.75 Å². The van der Waals surface area contributed by atoms with Gasteiger partial charge in [-0.15, -0.1) is 0 Å². The van der Waals surface area contributed by atoms with Crippen LogP contribution < -0.4 is 10.2 Å². The highest BCUT2D eigenvalue weighted by Crippen LogP contribution is 2.18. The van der Waals surface area contributed by atoms with Crippen LogP contribution in [-0.2, 0) is 4.79 Å². The molecule has 2 rings (SSSR count). The maximum Gasteiger partial charge on any atom is 0.280 e. The molecule has 0 bridgehead atoms. The van der Waals surface area contributed by atoms with Crippen LogP contribution >= 0.6 is 0 Å². The van der Waals surface area contributed by atoms with E-state index in [2.05, 4.69) is 35.9 Å². The normalized spacial score (nSPS) is 12.2. The van der Waals surface area contributed by atoms with E-state index in [4.69, 9.17) is 10.00 Å². The van der Waals surface area contributed by atoms with Gasteiger partial charge < -0.3 is 9.30 Å². The summed E-state index contributed by atoms with van der Waals surface area (Å²) in [6, 6.07) is 11.0. The van der Waals surface area contributed by atoms with Gasteiger partial charge in [0.05, 0.1) is 17.8 Å². The van der Waals surface area contributed by atoms with Crippen molar-refractivity contribution in [2.24, 2.45) is 5.10 Å². The summed E-state index contributed by atoms with van der Waals surface area (Å²) < 4.78 is 7.78. The van der Waals surface area contributed by atoms with Crippen molar-refractivity contribution in [2.45, 2.75) is 46.8 Å². The molecule has 1 aromatic heterocycles. The molecular formula is C20H24N4O2. The first-order valence-corrected chi connectivity index (χ1v) is 8.51. The standard InChI is InChI=1S/C20H24N4O2/c1-13(2)24-14(3)10-18(15(24)4)12-22-23-20(25)16(5)26-19-8-6-17(11-21)7-9-19/h6-10,12-13,16H,1-5H3,(H,23,25)/b22-12-/t16-/m0/s1. The van der Waals surface area contributed by atoms with Gasteiger partial charge in [-0.1, -0.05) is 0 Å². The van der Waals surface area contributed by atoms with Crippen molar-refractivity contribution in [3.05, 3.63) is 52.8 Å². The van der Waals surface area contributed by atoms with Crippen LogP contribution in [0.3, 0.4) is 0 Å². The molecule has 136 valence electrons. The molecule has 1 aromatic carbocycles. The molecule has 0 fully saturated rings. The van der Waals surface area contributed by atoms with E-state index < -0.39 is 6.10 Å². The van der Waals surface area contributed by atoms with E-state index >= 15 is 0 Å². The van der Waals surface area contributed by atoms with E-state index in [0.717, 1.165) is 17.0 Å². The SMILES string of the molecule is Cc1cc(/C=N\NC(=O)[C@H](C)Oc2ccc(C#N)cc2)c(C)n1C(C)C. The van der Waals surface area contributed by atoms with Crippen LogP contribution in [0.25, 0.3) is 0 Å². The number of carbonyl (C=O) groups is 1. The molecular weight excluding hydrogens is 328 g/mol. The number of nitrogens with zero attached hydrogens (tertiary/aromatic N) is 3. The van der Waals surface area contributed by atoms with Crippen molar-refractivity contribution in [2.75, 3.05) is 0 Å². The Morgan fingerprint density at radius 2 is 1.92 bits per heavy atom. The van der Waals surface area contributed by atoms with Crippen molar-refractivity contribution < 1.29 is 9.53 Å². The Balaban J connectivity index is 1.96. The van der Waals surface area contributed by atoms with E-state index in [1.54, 1.807) is 37.4 Å². The summed E-state index contributed by atoms with van der Waals surface area (Å²) in [5, 5.41) is 12.8. The summed E-state index contributed by atoms with van der Waals surface area (Å²) in [6.45, 7) is 9.99. The van der Waals surface area contributed by atoms with E-state index in [-0.39, 0.29) is 5.91 Å². The van der Waals surface area contributed by atoms with Crippen molar-refractivity contribution in [1.82, 2.24) is 9.99 Å². The second-order valence-corrected chi connectivity index (χ2v) is 6.42. The highest BCUT2D eigenvalue weighted by molar-refractivity contribution is 5.85. The number of hydrogen-bond acceptors (Lipinski definition) is 4. The van der Waals surface area contributed by atoms with Crippen LogP contribution in [0.2, 0.25) is 0 Å². The molecule has 0 aliphatic rings. The van der Waals surface area contributed by atoms with Gasteiger partial charge in [-0.2, -0.15) is 10.4 Å². The van der Waals surface area contributed by atoms with Crippen molar-refractivity contribution in [3.63, 3.8) is 0 Å². The number of ether oxygens (including phenoxy) is 1. The van der Waals surface area contributed by atoms with Gasteiger partial charge in [0, 0.05) is 23.0 Å². The quantitative estimate of drug-likeness (QED) is 0.638. The molecule has 0 unspecified atom stereocenters. The number of aryl methyl sites for hydroxylation is 1. The minimum atomic E-state index is -0.705. The number of nitriles is 1. The number of amides is 1. The minimum absolute atomic E-state index is 0.344. The lowest BCUT2D eigenvalue weighted by Gasteiger charge is -2.13. The molecule has 0 saturated heterocycles. The minimum Gasteiger partial charge on any atom is -0.481 e. The third-order valence-electron chi connectivity index (χ3n) is 4.08. The first-order chi connectivity index (χ1) is 12.3. The number of hydrazone groups is 1. The van der Waals surface area contributed by atoms with Crippen LogP contribution in [-0.4, -0.2) is 22.8 Å². The first kappa shape index (κ1) is 19.3. The Labute approximate surface area is 154 Å². The molecule has 1 N–H and O–H groups in total. The smallest absolute Gasteiger partial charge is 0.280 e. The van der Waals surface area contributed by atoms with Crippen LogP contribution in [0, 0.1) is 25.2 Å². The molecule has 1 atom stereocenters. The zero-order valence-electron chi connectivity index (χ0n) is 15.8. The van der Waals surface area contributed by atoms with Crippen LogP contribution in [0.15, 0.2) is 35.4 Å². The maximum absolute atomic E-state index is 12.1. The maximum atomic E-state index is 12.1. The largest absolute Gasteiger partial charge is 0.481 e. The van der Waals surface area contributed by atoms with E-state index in [9.17, 15) is 4.79 Å². The molecule has 6 nitrogen and oxygen atoms in total. The molecule has 1 heterocycles. The monoisotopic (exact) mass is 352 g/mol. The Hall–Kier alpha value is -3.07. The third-order valence-corrected chi connectivity index (χ3v) is 4.08. The van der Waals surface area contributed by atoms with Gasteiger partial charge in [-0.25, -0.2) is 5.43 Å². The van der Waals surface area contributed by atoms with Gasteiger partial charge in [-0.3, -0.25) is 4.79 Å². The fourth-order valence-corrected chi connectivity index (χ4v) is 2.85. The lowest BCUT2D eigenvalue weighted by Crippen LogP contribution is -2.33. The summed E-state index contributed by atoms with van der Waals surface area (Å²) in [5.41, 5.74) is 6.28. The second kappa shape index (κ2) is 8.34. The number of rotatable bonds is 6. The lowest BCUT2D eigenvalue weighted by molar-refractivity contribution is -0.127. The fraction of sp³-hybridized carbons (Fsp3) is 0.350. The van der Waals surface area contributed by atoms with E-state index in [0.29, 0.717) is 17.4 Å². The number of carbonyl (C=O) groups excluding carboxylic acids is 1. The highest BCUT2D eigenvalue weighted by Gasteiger charge is 2.14. The van der Waals surface area contributed by atoms with Crippen molar-refractivity contribution in [3.8, 4) is 11.8 Å². The van der Waals surface area contributed by atoms with Gasteiger partial charge in [-0.05, 0) is 65.0 Å². The molecule has 6 heteroatoms. The molecule has 2 aromatic rings. The Bertz CT molecular complexity index is 842. The summed E-state index contributed by atoms with van der Waals surface area (Å²) >= 11 is 0. The Morgan fingerprint density at radius 3 is 2.46 bits per heavy atom. The Kier molecular flexibility index (Phi) is 6.18. The number of benzene rings is 1. The molecule has 0 aliphatic heterocycles. The van der Waals surface area contributed by atoms with E-state index in [1.165, 1.54) is 0 Å². The fourth-order valence-electron chi connectivity index (χ4n) is 2.85. The zero-order valence-corrected chi connectivity index (χ0v) is 15.8. The topological polar surface area (TPSA) is 79.4 Å². The number of aromatic nitrogens is 1. The molecule has 0 aliphatic carbocycles. The van der Waals surface area contributed by atoms with E-state index in [1.807, 2.05) is 19.1 Å². The summed E-state index contributed by atoms with van der Waals surface area (Å²) in [5.74, 6) is 0.180. The zero-order chi connectivity index (χ0) is 19.3. The van der Waals surface area contributed by atoms with Crippen LogP contribution in [0.1, 0.15) is 49.3 Å². The predicted molar refractivity (Wildman–Crippen MR) is 101 cm³/mol. The van der Waals surface area contributed by atoms with Gasteiger partial charge in [0.25, 0.3) is 5.91 Å². The summed E-state index contributed by atoms with van der Waals surface area (Å²) in [7, 11) is 0. The number of hydrogen-bond donors (Lipinski definition) is 1. The van der Waals surface area contributed by atoms with Crippen LogP contribution in [0.4, 0.5) is 0 Å². The van der Waals surface area contributed by atoms with Gasteiger partial charge >= 0.3 is 0 Å². The molecule has 0 radical (unpaired) electrons. The molecule has 0 saturated carbocycles. The summed E-state index contributed by atoms with van der Waals surface area (Å²) in [4.78, 5) is 12.1. The Morgan fingerprint density at radius 1 is 1.27 bits per heavy atom. The number of nitrogens with one attached hydrogen (secondary N) is 1. The van der Waals surface area contributed by atoms with Gasteiger partial charge in [0.2, 0.25) is 0 Å². The van der Waals surface area contributed by atoms with Crippen molar-refractivity contribution in [1.29, 1.82) is 5.26 Å². The third kappa shape index (κ3) is 4.51. The molecule has 26 heavy (non-hydrogen) atoms. The molecule has 0 spiro atoms. The summed E-state index contributed by atoms with van der Waals surface area (Å²) in [6.07, 6.45) is 0.941. The van der Waals surface area contributed by atoms with Crippen molar-refractivity contribution >= 4 is 12.1 Å². The predicted octanol–water partition coefficient (Wildman–Crippen LogP) is 3.48. The highest BCUT2D eigenvalue weighted by atomic mass is 16.5. The second-order valence-electron chi connectivity index (χ2n) is 6.42. The first-order valence-electron chi connectivity index (χ1n) is 8.51. The average Bonchev–Trinajstić information content (AvgIpc) is 2.89. The van der Waals surface area contributed by atoms with Crippen LogP contribution in [0.5, 0.6) is 5.75 Å². The van der Waals surface area contributed by atoms with Gasteiger partial charge in [0.15, 0.2) is 6.10 Å². The molecule has 1 amide bonds.